The first-order valence-corrected chi connectivity index (χ1v) is 6.46. The summed E-state index contributed by atoms with van der Waals surface area (Å²) in [6.07, 6.45) is 3.11. The molecule has 3 N–H and O–H groups in total. The molecule has 4 nitrogen and oxygen atoms in total. The van der Waals surface area contributed by atoms with Crippen molar-refractivity contribution in [3.8, 4) is 0 Å². The van der Waals surface area contributed by atoms with E-state index in [-0.39, 0.29) is 0 Å². The number of hydrogen-bond acceptors (Lipinski definition) is 5. The van der Waals surface area contributed by atoms with Crippen molar-refractivity contribution in [1.29, 1.82) is 0 Å². The molecule has 0 fully saturated rings. The molecule has 0 amide bonds. The van der Waals surface area contributed by atoms with Gasteiger partial charge in [0.2, 0.25) is 0 Å². The molecule has 0 bridgehead atoms. The smallest absolute Gasteiger partial charge is 0.197 e. The van der Waals surface area contributed by atoms with Crippen molar-refractivity contribution in [2.75, 3.05) is 12.5 Å². The van der Waals surface area contributed by atoms with E-state index in [4.69, 9.17) is 5.84 Å². The summed E-state index contributed by atoms with van der Waals surface area (Å²) in [5.74, 6) is 6.04. The van der Waals surface area contributed by atoms with Crippen LogP contribution in [0.4, 0.5) is 5.13 Å². The van der Waals surface area contributed by atoms with Gasteiger partial charge in [-0.2, -0.15) is 0 Å². The zero-order valence-corrected chi connectivity index (χ0v) is 11.3. The molecule has 0 saturated carbocycles. The minimum absolute atomic E-state index is 0.594. The largest absolute Gasteiger partial charge is 0.300 e. The molecule has 0 spiro atoms. The Morgan fingerprint density at radius 3 is 2.69 bits per heavy atom. The fraction of sp³-hybridized carbons (Fsp3) is 0.727. The third-order valence-corrected chi connectivity index (χ3v) is 3.56. The Kier molecular flexibility index (Phi) is 5.18. The Hall–Kier alpha value is -0.650. The van der Waals surface area contributed by atoms with Crippen LogP contribution in [0.15, 0.2) is 6.20 Å². The second-order valence-electron chi connectivity index (χ2n) is 4.67. The van der Waals surface area contributed by atoms with E-state index < -0.39 is 0 Å². The third kappa shape index (κ3) is 4.08. The van der Waals surface area contributed by atoms with E-state index in [1.807, 2.05) is 6.20 Å². The van der Waals surface area contributed by atoms with E-state index >= 15 is 0 Å². The molecule has 1 heterocycles. The van der Waals surface area contributed by atoms with Crippen molar-refractivity contribution in [3.05, 3.63) is 11.1 Å². The number of aromatic nitrogens is 1. The highest BCUT2D eigenvalue weighted by atomic mass is 32.1. The molecule has 1 aromatic heterocycles. The number of nitrogens with one attached hydrogen (secondary N) is 1. The summed E-state index contributed by atoms with van der Waals surface area (Å²) in [5, 5.41) is 0.778. The summed E-state index contributed by atoms with van der Waals surface area (Å²) < 4.78 is 0. The fourth-order valence-corrected chi connectivity index (χ4v) is 2.50. The predicted octanol–water partition coefficient (Wildman–Crippen LogP) is 2.30. The maximum atomic E-state index is 5.30. The second kappa shape index (κ2) is 6.18. The summed E-state index contributed by atoms with van der Waals surface area (Å²) in [6.45, 7) is 7.72. The van der Waals surface area contributed by atoms with Crippen LogP contribution in [-0.4, -0.2) is 23.0 Å². The Morgan fingerprint density at radius 1 is 1.50 bits per heavy atom. The van der Waals surface area contributed by atoms with E-state index in [2.05, 4.69) is 43.1 Å². The van der Waals surface area contributed by atoms with Gasteiger partial charge in [-0.1, -0.05) is 25.2 Å². The number of nitrogens with zero attached hydrogens (tertiary/aromatic N) is 2. The molecule has 0 saturated heterocycles. The number of hydrazine groups is 1. The van der Waals surface area contributed by atoms with E-state index in [0.29, 0.717) is 6.04 Å². The summed E-state index contributed by atoms with van der Waals surface area (Å²) >= 11 is 1.61. The minimum atomic E-state index is 0.594. The van der Waals surface area contributed by atoms with Gasteiger partial charge >= 0.3 is 0 Å². The molecule has 92 valence electrons. The second-order valence-corrected chi connectivity index (χ2v) is 5.78. The highest BCUT2D eigenvalue weighted by Gasteiger charge is 2.12. The van der Waals surface area contributed by atoms with Crippen molar-refractivity contribution < 1.29 is 0 Å². The lowest BCUT2D eigenvalue weighted by molar-refractivity contribution is 0.222. The van der Waals surface area contributed by atoms with Gasteiger partial charge in [-0.05, 0) is 26.3 Å². The number of nitrogens with two attached hydrogens (primary N) is 1. The van der Waals surface area contributed by atoms with Crippen LogP contribution in [-0.2, 0) is 6.54 Å². The molecule has 1 aromatic rings. The Bertz CT molecular complexity index is 311. The number of nitrogen functional groups attached to an aromatic ring is 1. The van der Waals surface area contributed by atoms with Crippen LogP contribution < -0.4 is 11.3 Å². The molecule has 0 aromatic carbocycles. The van der Waals surface area contributed by atoms with Crippen LogP contribution in [0.1, 0.15) is 32.1 Å². The normalized spacial score (nSPS) is 13.4. The summed E-state index contributed by atoms with van der Waals surface area (Å²) in [6, 6.07) is 0.594. The van der Waals surface area contributed by atoms with Crippen molar-refractivity contribution in [2.24, 2.45) is 11.8 Å². The lowest BCUT2D eigenvalue weighted by Crippen LogP contribution is -2.29. The van der Waals surface area contributed by atoms with Crippen LogP contribution in [0.3, 0.4) is 0 Å². The fourth-order valence-electron chi connectivity index (χ4n) is 1.71. The lowest BCUT2D eigenvalue weighted by atomic mass is 10.0. The molecular formula is C11H22N4S. The molecule has 1 atom stereocenters. The average molecular weight is 242 g/mol. The average Bonchev–Trinajstić information content (AvgIpc) is 2.64. The molecule has 0 aliphatic rings. The predicted molar refractivity (Wildman–Crippen MR) is 70.3 cm³/mol. The Morgan fingerprint density at radius 2 is 2.19 bits per heavy atom. The first-order valence-electron chi connectivity index (χ1n) is 5.64. The van der Waals surface area contributed by atoms with Crippen molar-refractivity contribution in [3.63, 3.8) is 0 Å². The highest BCUT2D eigenvalue weighted by molar-refractivity contribution is 7.15. The van der Waals surface area contributed by atoms with Crippen LogP contribution >= 0.6 is 11.3 Å². The molecular weight excluding hydrogens is 220 g/mol. The van der Waals surface area contributed by atoms with Crippen LogP contribution in [0.2, 0.25) is 0 Å². The third-order valence-electron chi connectivity index (χ3n) is 2.65. The molecule has 1 unspecified atom stereocenters. The van der Waals surface area contributed by atoms with Gasteiger partial charge in [-0.3, -0.25) is 10.3 Å². The van der Waals surface area contributed by atoms with Crippen molar-refractivity contribution in [2.45, 2.75) is 39.8 Å². The first kappa shape index (κ1) is 13.4. The van der Waals surface area contributed by atoms with Crippen molar-refractivity contribution in [1.82, 2.24) is 9.88 Å². The van der Waals surface area contributed by atoms with Gasteiger partial charge in [-0.15, -0.1) is 0 Å². The van der Waals surface area contributed by atoms with Crippen LogP contribution in [0, 0.1) is 5.92 Å². The van der Waals surface area contributed by atoms with Crippen LogP contribution in [0.5, 0.6) is 0 Å². The number of thiazole rings is 1. The molecule has 16 heavy (non-hydrogen) atoms. The maximum absolute atomic E-state index is 5.30. The number of rotatable bonds is 6. The molecule has 1 rings (SSSR count). The van der Waals surface area contributed by atoms with Gasteiger partial charge in [0.25, 0.3) is 0 Å². The Balaban J connectivity index is 2.46. The number of anilines is 1. The molecule has 5 heteroatoms. The SMILES string of the molecule is CC(C)CC(C)N(C)Cc1cnc(NN)s1. The zero-order chi connectivity index (χ0) is 12.1. The van der Waals surface area contributed by atoms with Gasteiger partial charge in [0.1, 0.15) is 0 Å². The van der Waals surface area contributed by atoms with Crippen molar-refractivity contribution >= 4 is 16.5 Å². The summed E-state index contributed by atoms with van der Waals surface area (Å²) in [7, 11) is 2.16. The zero-order valence-electron chi connectivity index (χ0n) is 10.5. The highest BCUT2D eigenvalue weighted by Crippen LogP contribution is 2.20. The molecule has 0 aliphatic heterocycles. The first-order chi connectivity index (χ1) is 7.52. The lowest BCUT2D eigenvalue weighted by Gasteiger charge is -2.25. The van der Waals surface area contributed by atoms with E-state index in [1.54, 1.807) is 11.3 Å². The molecule has 0 radical (unpaired) electrons. The van der Waals surface area contributed by atoms with E-state index in [9.17, 15) is 0 Å². The topological polar surface area (TPSA) is 54.2 Å². The standard InChI is InChI=1S/C11H22N4S/c1-8(2)5-9(3)15(4)7-10-6-13-11(14-12)16-10/h6,8-9H,5,7,12H2,1-4H3,(H,13,14). The van der Waals surface area contributed by atoms with Gasteiger partial charge < -0.3 is 0 Å². The number of hydrogen-bond donors (Lipinski definition) is 2. The Labute approximate surface area is 102 Å². The van der Waals surface area contributed by atoms with E-state index in [1.165, 1.54) is 11.3 Å². The van der Waals surface area contributed by atoms with Crippen LogP contribution in [0.25, 0.3) is 0 Å². The van der Waals surface area contributed by atoms with Gasteiger partial charge in [-0.25, -0.2) is 10.8 Å². The van der Waals surface area contributed by atoms with E-state index in [0.717, 1.165) is 17.6 Å². The summed E-state index contributed by atoms with van der Waals surface area (Å²) in [4.78, 5) is 7.76. The maximum Gasteiger partial charge on any atom is 0.197 e. The quantitative estimate of drug-likeness (QED) is 0.593. The van der Waals surface area contributed by atoms with Gasteiger partial charge in [0, 0.05) is 23.7 Å². The van der Waals surface area contributed by atoms with Gasteiger partial charge in [0.15, 0.2) is 5.13 Å². The monoisotopic (exact) mass is 242 g/mol. The summed E-state index contributed by atoms with van der Waals surface area (Å²) in [5.41, 5.74) is 2.57. The minimum Gasteiger partial charge on any atom is -0.300 e. The molecule has 0 aliphatic carbocycles. The van der Waals surface area contributed by atoms with Gasteiger partial charge in [0.05, 0.1) is 0 Å².